The fraction of sp³-hybridized carbons (Fsp3) is 0.312. The smallest absolute Gasteiger partial charge is 0.309 e. The molecule has 9 nitrogen and oxygen atoms in total. The fourth-order valence-corrected chi connectivity index (χ4v) is 2.23. The van der Waals surface area contributed by atoms with Crippen LogP contribution < -0.4 is 5.84 Å². The summed E-state index contributed by atoms with van der Waals surface area (Å²) in [4.78, 5) is 41.9. The number of aliphatic imine (C=N–C) groups is 1. The average Bonchev–Trinajstić information content (AvgIpc) is 2.60. The molecule has 0 saturated carbocycles. The van der Waals surface area contributed by atoms with Gasteiger partial charge in [-0.25, -0.2) is 0 Å². The topological polar surface area (TPSA) is 129 Å². The number of hydrogen-bond donors (Lipinski definition) is 2. The fourth-order valence-electron chi connectivity index (χ4n) is 2.23. The zero-order chi connectivity index (χ0) is 18.4. The number of piperazine rings is 1. The molecule has 0 radical (unpaired) electrons. The van der Waals surface area contributed by atoms with E-state index in [2.05, 4.69) is 10.1 Å². The molecular formula is C16H19N5O4. The van der Waals surface area contributed by atoms with Crippen molar-refractivity contribution in [2.75, 3.05) is 26.7 Å². The molecule has 1 aliphatic rings. The predicted molar refractivity (Wildman–Crippen MR) is 92.0 cm³/mol. The summed E-state index contributed by atoms with van der Waals surface area (Å²) in [5.74, 6) is 3.74. The third-order valence-corrected chi connectivity index (χ3v) is 3.72. The van der Waals surface area contributed by atoms with Gasteiger partial charge in [0.1, 0.15) is 6.54 Å². The molecule has 132 valence electrons. The Kier molecular flexibility index (Phi) is 5.83. The SMILES string of the molecule is CN1CCN(C(=O)c2ccc(N=CC(CC(=O)O)=NN)cc2)CC1=O. The van der Waals surface area contributed by atoms with E-state index in [0.717, 1.165) is 0 Å². The van der Waals surface area contributed by atoms with E-state index in [-0.39, 0.29) is 30.5 Å². The van der Waals surface area contributed by atoms with E-state index in [1.165, 1.54) is 11.1 Å². The maximum Gasteiger partial charge on any atom is 0.309 e. The van der Waals surface area contributed by atoms with Crippen molar-refractivity contribution in [1.82, 2.24) is 9.80 Å². The van der Waals surface area contributed by atoms with E-state index in [4.69, 9.17) is 10.9 Å². The van der Waals surface area contributed by atoms with Crippen LogP contribution in [0.1, 0.15) is 16.8 Å². The lowest BCUT2D eigenvalue weighted by Gasteiger charge is -2.32. The van der Waals surface area contributed by atoms with Crippen molar-refractivity contribution in [3.63, 3.8) is 0 Å². The van der Waals surface area contributed by atoms with Gasteiger partial charge in [0.25, 0.3) is 5.91 Å². The number of nitrogens with two attached hydrogens (primary N) is 1. The molecule has 2 rings (SSSR count). The number of carbonyl (C=O) groups is 3. The summed E-state index contributed by atoms with van der Waals surface area (Å²) in [6.07, 6.45) is 0.943. The lowest BCUT2D eigenvalue weighted by atomic mass is 10.1. The number of nitrogens with zero attached hydrogens (tertiary/aromatic N) is 4. The van der Waals surface area contributed by atoms with Crippen LogP contribution in [0.25, 0.3) is 0 Å². The molecule has 1 saturated heterocycles. The van der Waals surface area contributed by atoms with E-state index < -0.39 is 5.97 Å². The largest absolute Gasteiger partial charge is 0.481 e. The summed E-state index contributed by atoms with van der Waals surface area (Å²) in [5, 5.41) is 12.1. The minimum Gasteiger partial charge on any atom is -0.481 e. The second-order valence-corrected chi connectivity index (χ2v) is 5.54. The van der Waals surface area contributed by atoms with Gasteiger partial charge >= 0.3 is 5.97 Å². The van der Waals surface area contributed by atoms with Crippen molar-refractivity contribution < 1.29 is 19.5 Å². The van der Waals surface area contributed by atoms with Gasteiger partial charge in [-0.05, 0) is 24.3 Å². The van der Waals surface area contributed by atoms with Crippen molar-refractivity contribution >= 4 is 35.4 Å². The third-order valence-electron chi connectivity index (χ3n) is 3.72. The van der Waals surface area contributed by atoms with Crippen LogP contribution in [0.5, 0.6) is 0 Å². The van der Waals surface area contributed by atoms with Crippen LogP contribution in [-0.4, -0.2) is 71.3 Å². The highest BCUT2D eigenvalue weighted by molar-refractivity contribution is 6.34. The van der Waals surface area contributed by atoms with Crippen LogP contribution in [0.3, 0.4) is 0 Å². The monoisotopic (exact) mass is 345 g/mol. The molecule has 1 aromatic rings. The Labute approximate surface area is 144 Å². The first-order chi connectivity index (χ1) is 11.9. The van der Waals surface area contributed by atoms with Gasteiger partial charge in [-0.2, -0.15) is 5.10 Å². The van der Waals surface area contributed by atoms with Crippen LogP contribution in [-0.2, 0) is 9.59 Å². The molecule has 0 unspecified atom stereocenters. The Morgan fingerprint density at radius 2 is 1.96 bits per heavy atom. The van der Waals surface area contributed by atoms with Crippen LogP contribution in [0.4, 0.5) is 5.69 Å². The van der Waals surface area contributed by atoms with E-state index in [9.17, 15) is 14.4 Å². The normalized spacial score (nSPS) is 15.7. The van der Waals surface area contributed by atoms with Gasteiger partial charge in [-0.3, -0.25) is 19.4 Å². The highest BCUT2D eigenvalue weighted by Crippen LogP contribution is 2.15. The zero-order valence-electron chi connectivity index (χ0n) is 13.8. The molecule has 0 bridgehead atoms. The summed E-state index contributed by atoms with van der Waals surface area (Å²) in [6, 6.07) is 6.45. The first kappa shape index (κ1) is 18.1. The molecule has 0 spiro atoms. The standard InChI is InChI=1S/C16H19N5O4/c1-20-6-7-21(10-14(20)22)16(25)11-2-4-12(5-3-11)18-9-13(19-17)8-15(23)24/h2-5,9H,6-8,10,17H2,1H3,(H,23,24). The lowest BCUT2D eigenvalue weighted by molar-refractivity contribution is -0.135. The van der Waals surface area contributed by atoms with Gasteiger partial charge in [0.05, 0.1) is 24.0 Å². The second kappa shape index (κ2) is 8.04. The van der Waals surface area contributed by atoms with E-state index in [0.29, 0.717) is 24.3 Å². The average molecular weight is 345 g/mol. The van der Waals surface area contributed by atoms with E-state index in [1.54, 1.807) is 36.2 Å². The number of carbonyl (C=O) groups excluding carboxylic acids is 2. The first-order valence-corrected chi connectivity index (χ1v) is 7.56. The Balaban J connectivity index is 2.03. The number of hydrogen-bond acceptors (Lipinski definition) is 6. The second-order valence-electron chi connectivity index (χ2n) is 5.54. The van der Waals surface area contributed by atoms with Crippen LogP contribution in [0.15, 0.2) is 34.4 Å². The molecule has 3 N–H and O–H groups in total. The van der Waals surface area contributed by atoms with Gasteiger partial charge in [-0.1, -0.05) is 0 Å². The molecule has 1 aliphatic heterocycles. The minimum absolute atomic E-state index is 0.0702. The van der Waals surface area contributed by atoms with Crippen molar-refractivity contribution in [3.05, 3.63) is 29.8 Å². The van der Waals surface area contributed by atoms with Crippen molar-refractivity contribution in [3.8, 4) is 0 Å². The highest BCUT2D eigenvalue weighted by Gasteiger charge is 2.25. The number of benzene rings is 1. The number of rotatable bonds is 5. The molecule has 9 heteroatoms. The van der Waals surface area contributed by atoms with Crippen molar-refractivity contribution in [1.29, 1.82) is 0 Å². The Hall–Kier alpha value is -3.23. The molecule has 25 heavy (non-hydrogen) atoms. The van der Waals surface area contributed by atoms with Crippen LogP contribution in [0.2, 0.25) is 0 Å². The van der Waals surface area contributed by atoms with Crippen molar-refractivity contribution in [2.45, 2.75) is 6.42 Å². The molecule has 1 aromatic carbocycles. The van der Waals surface area contributed by atoms with Gasteiger partial charge in [-0.15, -0.1) is 0 Å². The van der Waals surface area contributed by atoms with Gasteiger partial charge < -0.3 is 20.7 Å². The van der Waals surface area contributed by atoms with E-state index in [1.807, 2.05) is 0 Å². The number of amides is 2. The number of likely N-dealkylation sites (N-methyl/N-ethyl adjacent to an activating group) is 1. The number of hydrazone groups is 1. The number of carboxylic acid groups (broad SMARTS) is 1. The predicted octanol–water partition coefficient (Wildman–Crippen LogP) is 0.0925. The molecule has 0 aromatic heterocycles. The van der Waals surface area contributed by atoms with E-state index >= 15 is 0 Å². The first-order valence-electron chi connectivity index (χ1n) is 7.56. The van der Waals surface area contributed by atoms with Crippen LogP contribution >= 0.6 is 0 Å². The maximum atomic E-state index is 12.4. The molecule has 0 aliphatic carbocycles. The summed E-state index contributed by atoms with van der Waals surface area (Å²) >= 11 is 0. The lowest BCUT2D eigenvalue weighted by Crippen LogP contribution is -2.50. The number of carboxylic acids is 1. The Bertz CT molecular complexity index is 727. The summed E-state index contributed by atoms with van der Waals surface area (Å²) in [7, 11) is 1.71. The van der Waals surface area contributed by atoms with Gasteiger partial charge in [0, 0.05) is 25.7 Å². The molecule has 2 amide bonds. The zero-order valence-corrected chi connectivity index (χ0v) is 13.8. The Morgan fingerprint density at radius 1 is 1.28 bits per heavy atom. The van der Waals surface area contributed by atoms with Crippen LogP contribution in [0, 0.1) is 0 Å². The molecule has 1 heterocycles. The number of aliphatic carboxylic acids is 1. The Morgan fingerprint density at radius 3 is 2.52 bits per heavy atom. The molecular weight excluding hydrogens is 326 g/mol. The molecule has 0 atom stereocenters. The third kappa shape index (κ3) is 4.87. The maximum absolute atomic E-state index is 12.4. The summed E-state index contributed by atoms with van der Waals surface area (Å²) in [5.41, 5.74) is 1.11. The van der Waals surface area contributed by atoms with Gasteiger partial charge in [0.2, 0.25) is 5.91 Å². The summed E-state index contributed by atoms with van der Waals surface area (Å²) < 4.78 is 0. The quantitative estimate of drug-likeness (QED) is 0.444. The molecule has 1 fully saturated rings. The highest BCUT2D eigenvalue weighted by atomic mass is 16.4. The summed E-state index contributed by atoms with van der Waals surface area (Å²) in [6.45, 7) is 1.07. The van der Waals surface area contributed by atoms with Crippen molar-refractivity contribution in [2.24, 2.45) is 15.9 Å². The minimum atomic E-state index is -1.06. The van der Waals surface area contributed by atoms with Gasteiger partial charge in [0.15, 0.2) is 0 Å².